The summed E-state index contributed by atoms with van der Waals surface area (Å²) in [7, 11) is 3.26. The third-order valence-electron chi connectivity index (χ3n) is 4.00. The van der Waals surface area contributed by atoms with E-state index in [1.165, 1.54) is 0 Å². The molecule has 4 heteroatoms. The summed E-state index contributed by atoms with van der Waals surface area (Å²) in [5.41, 5.74) is 3.53. The van der Waals surface area contributed by atoms with Gasteiger partial charge in [-0.3, -0.25) is 4.79 Å². The van der Waals surface area contributed by atoms with Crippen LogP contribution in [-0.2, 0) is 0 Å². The molecule has 1 heterocycles. The van der Waals surface area contributed by atoms with Crippen molar-refractivity contribution in [2.75, 3.05) is 14.2 Å². The molecule has 0 spiro atoms. The van der Waals surface area contributed by atoms with Crippen molar-refractivity contribution in [1.82, 2.24) is 4.98 Å². The van der Waals surface area contributed by atoms with E-state index in [4.69, 9.17) is 9.47 Å². The number of aryl methyl sites for hydroxylation is 1. The SMILES string of the molecule is COc1ccc2[nH]cc(C(=O)/C=C/c3ccc(OC)c(C)c3)c2c1. The molecule has 2 aromatic carbocycles. The Labute approximate surface area is 140 Å². The summed E-state index contributed by atoms with van der Waals surface area (Å²) >= 11 is 0. The molecule has 24 heavy (non-hydrogen) atoms. The predicted octanol–water partition coefficient (Wildman–Crippen LogP) is 4.39. The molecule has 0 saturated carbocycles. The Kier molecular flexibility index (Phi) is 4.38. The largest absolute Gasteiger partial charge is 0.497 e. The number of H-pyrrole nitrogens is 1. The third kappa shape index (κ3) is 3.04. The molecular weight excluding hydrogens is 302 g/mol. The second-order valence-corrected chi connectivity index (χ2v) is 5.54. The third-order valence-corrected chi connectivity index (χ3v) is 4.00. The molecule has 0 amide bonds. The van der Waals surface area contributed by atoms with Crippen LogP contribution in [0.1, 0.15) is 21.5 Å². The summed E-state index contributed by atoms with van der Waals surface area (Å²) in [5.74, 6) is 1.51. The van der Waals surface area contributed by atoms with E-state index in [-0.39, 0.29) is 5.78 Å². The number of hydrogen-bond donors (Lipinski definition) is 1. The Morgan fingerprint density at radius 1 is 1.08 bits per heavy atom. The maximum absolute atomic E-state index is 12.5. The summed E-state index contributed by atoms with van der Waals surface area (Å²) in [6, 6.07) is 11.4. The molecule has 1 N–H and O–H groups in total. The summed E-state index contributed by atoms with van der Waals surface area (Å²) in [6.07, 6.45) is 5.13. The molecule has 0 bridgehead atoms. The van der Waals surface area contributed by atoms with E-state index in [0.717, 1.165) is 33.5 Å². The number of aromatic nitrogens is 1. The average molecular weight is 321 g/mol. The van der Waals surface area contributed by atoms with Gasteiger partial charge in [0.25, 0.3) is 0 Å². The molecule has 0 aliphatic rings. The Balaban J connectivity index is 1.88. The highest BCUT2D eigenvalue weighted by molar-refractivity contribution is 6.14. The Bertz CT molecular complexity index is 922. The van der Waals surface area contributed by atoms with Gasteiger partial charge in [-0.1, -0.05) is 12.1 Å². The van der Waals surface area contributed by atoms with Crippen molar-refractivity contribution in [2.45, 2.75) is 6.92 Å². The lowest BCUT2D eigenvalue weighted by molar-refractivity contribution is 0.104. The Morgan fingerprint density at radius 3 is 2.62 bits per heavy atom. The van der Waals surface area contributed by atoms with Gasteiger partial charge in [0.15, 0.2) is 5.78 Å². The molecule has 0 fully saturated rings. The van der Waals surface area contributed by atoms with Crippen LogP contribution in [0.2, 0.25) is 0 Å². The minimum Gasteiger partial charge on any atom is -0.497 e. The molecule has 0 saturated heterocycles. The lowest BCUT2D eigenvalue weighted by Gasteiger charge is -2.04. The van der Waals surface area contributed by atoms with Crippen LogP contribution in [0.4, 0.5) is 0 Å². The van der Waals surface area contributed by atoms with Gasteiger partial charge < -0.3 is 14.5 Å². The van der Waals surface area contributed by atoms with Crippen molar-refractivity contribution in [1.29, 1.82) is 0 Å². The standard InChI is InChI=1S/C20H19NO3/c1-13-10-14(5-9-20(13)24-3)4-8-19(22)17-12-21-18-7-6-15(23-2)11-16(17)18/h4-12,21H,1-3H3/b8-4+. The quantitative estimate of drug-likeness (QED) is 0.560. The number of hydrogen-bond acceptors (Lipinski definition) is 3. The monoisotopic (exact) mass is 321 g/mol. The van der Waals surface area contributed by atoms with Gasteiger partial charge in [-0.2, -0.15) is 0 Å². The molecule has 1 aromatic heterocycles. The van der Waals surface area contributed by atoms with E-state index < -0.39 is 0 Å². The summed E-state index contributed by atoms with van der Waals surface area (Å²) < 4.78 is 10.5. The molecule has 0 radical (unpaired) electrons. The van der Waals surface area contributed by atoms with Crippen LogP contribution < -0.4 is 9.47 Å². The van der Waals surface area contributed by atoms with E-state index >= 15 is 0 Å². The normalized spacial score (nSPS) is 11.1. The van der Waals surface area contributed by atoms with Crippen molar-refractivity contribution in [2.24, 2.45) is 0 Å². The van der Waals surface area contributed by atoms with Gasteiger partial charge >= 0.3 is 0 Å². The van der Waals surface area contributed by atoms with Gasteiger partial charge in [-0.05, 0) is 54.5 Å². The molecule has 0 atom stereocenters. The van der Waals surface area contributed by atoms with Crippen LogP contribution in [0.3, 0.4) is 0 Å². The Hall–Kier alpha value is -3.01. The molecule has 0 aliphatic heterocycles. The number of methoxy groups -OCH3 is 2. The smallest absolute Gasteiger partial charge is 0.188 e. The molecule has 122 valence electrons. The van der Waals surface area contributed by atoms with E-state index in [9.17, 15) is 4.79 Å². The van der Waals surface area contributed by atoms with Crippen molar-refractivity contribution in [3.8, 4) is 11.5 Å². The summed E-state index contributed by atoms with van der Waals surface area (Å²) in [5, 5.41) is 0.856. The minimum atomic E-state index is -0.0528. The highest BCUT2D eigenvalue weighted by atomic mass is 16.5. The molecule has 4 nitrogen and oxygen atoms in total. The van der Waals surface area contributed by atoms with Gasteiger partial charge in [-0.15, -0.1) is 0 Å². The average Bonchev–Trinajstić information content (AvgIpc) is 3.02. The second kappa shape index (κ2) is 6.62. The van der Waals surface area contributed by atoms with Crippen molar-refractivity contribution in [3.05, 3.63) is 65.4 Å². The number of ketones is 1. The van der Waals surface area contributed by atoms with Gasteiger partial charge in [-0.25, -0.2) is 0 Å². The lowest BCUT2D eigenvalue weighted by atomic mass is 10.1. The fourth-order valence-corrected chi connectivity index (χ4v) is 2.70. The molecule has 0 unspecified atom stereocenters. The predicted molar refractivity (Wildman–Crippen MR) is 95.9 cm³/mol. The number of aromatic amines is 1. The van der Waals surface area contributed by atoms with E-state index in [2.05, 4.69) is 4.98 Å². The molecule has 3 rings (SSSR count). The number of rotatable bonds is 5. The number of fused-ring (bicyclic) bond motifs is 1. The van der Waals surface area contributed by atoms with E-state index in [1.54, 1.807) is 26.5 Å². The second-order valence-electron chi connectivity index (χ2n) is 5.54. The van der Waals surface area contributed by atoms with Crippen molar-refractivity contribution in [3.63, 3.8) is 0 Å². The number of benzene rings is 2. The van der Waals surface area contributed by atoms with Crippen molar-refractivity contribution < 1.29 is 14.3 Å². The molecular formula is C20H19NO3. The fourth-order valence-electron chi connectivity index (χ4n) is 2.70. The lowest BCUT2D eigenvalue weighted by Crippen LogP contribution is -1.93. The Morgan fingerprint density at radius 2 is 1.92 bits per heavy atom. The van der Waals surface area contributed by atoms with Crippen LogP contribution in [0.15, 0.2) is 48.7 Å². The fraction of sp³-hybridized carbons (Fsp3) is 0.150. The summed E-state index contributed by atoms with van der Waals surface area (Å²) in [6.45, 7) is 1.98. The van der Waals surface area contributed by atoms with Crippen molar-refractivity contribution >= 4 is 22.8 Å². The number of carbonyl (C=O) groups excluding carboxylic acids is 1. The number of allylic oxidation sites excluding steroid dienone is 1. The first kappa shape index (κ1) is 15.9. The minimum absolute atomic E-state index is 0.0528. The highest BCUT2D eigenvalue weighted by Gasteiger charge is 2.10. The van der Waals surface area contributed by atoms with E-state index in [0.29, 0.717) is 5.56 Å². The van der Waals surface area contributed by atoms with Crippen LogP contribution in [0.25, 0.3) is 17.0 Å². The van der Waals surface area contributed by atoms with Crippen LogP contribution in [0.5, 0.6) is 11.5 Å². The van der Waals surface area contributed by atoms with Gasteiger partial charge in [0, 0.05) is 22.7 Å². The van der Waals surface area contributed by atoms with Crippen LogP contribution in [0, 0.1) is 6.92 Å². The first-order valence-electron chi connectivity index (χ1n) is 7.64. The number of nitrogens with one attached hydrogen (secondary N) is 1. The first-order valence-corrected chi connectivity index (χ1v) is 7.64. The summed E-state index contributed by atoms with van der Waals surface area (Å²) in [4.78, 5) is 15.6. The number of ether oxygens (including phenoxy) is 2. The number of carbonyl (C=O) groups is 1. The van der Waals surface area contributed by atoms with Gasteiger partial charge in [0.2, 0.25) is 0 Å². The first-order chi connectivity index (χ1) is 11.6. The zero-order valence-electron chi connectivity index (χ0n) is 13.9. The van der Waals surface area contributed by atoms with Gasteiger partial charge in [0.05, 0.1) is 14.2 Å². The van der Waals surface area contributed by atoms with Crippen LogP contribution >= 0.6 is 0 Å². The topological polar surface area (TPSA) is 51.3 Å². The maximum Gasteiger partial charge on any atom is 0.188 e. The maximum atomic E-state index is 12.5. The molecule has 0 aliphatic carbocycles. The zero-order valence-corrected chi connectivity index (χ0v) is 13.9. The zero-order chi connectivity index (χ0) is 17.1. The highest BCUT2D eigenvalue weighted by Crippen LogP contribution is 2.24. The van der Waals surface area contributed by atoms with E-state index in [1.807, 2.05) is 49.4 Å². The van der Waals surface area contributed by atoms with Crippen LogP contribution in [-0.4, -0.2) is 25.0 Å². The molecule has 3 aromatic rings. The van der Waals surface area contributed by atoms with Gasteiger partial charge in [0.1, 0.15) is 11.5 Å².